The Morgan fingerprint density at radius 3 is 3.12 bits per heavy atom. The van der Waals surface area contributed by atoms with Crippen LogP contribution in [0.2, 0.25) is 0 Å². The summed E-state index contributed by atoms with van der Waals surface area (Å²) in [5.74, 6) is 1.03. The maximum atomic E-state index is 11.6. The van der Waals surface area contributed by atoms with Crippen molar-refractivity contribution in [2.45, 2.75) is 19.4 Å². The Balaban J connectivity index is 2.18. The summed E-state index contributed by atoms with van der Waals surface area (Å²) in [6.07, 6.45) is 4.35. The van der Waals surface area contributed by atoms with Crippen molar-refractivity contribution in [3.8, 4) is 0 Å². The van der Waals surface area contributed by atoms with E-state index in [1.165, 1.54) is 0 Å². The van der Waals surface area contributed by atoms with Gasteiger partial charge in [0.2, 0.25) is 0 Å². The van der Waals surface area contributed by atoms with E-state index in [-0.39, 0.29) is 11.7 Å². The number of nitrogens with zero attached hydrogens (tertiary/aromatic N) is 2. The highest BCUT2D eigenvalue weighted by atomic mass is 16.5. The highest BCUT2D eigenvalue weighted by molar-refractivity contribution is 5.36. The molecule has 16 heavy (non-hydrogen) atoms. The van der Waals surface area contributed by atoms with E-state index in [9.17, 15) is 4.79 Å². The minimum absolute atomic E-state index is 0.132. The summed E-state index contributed by atoms with van der Waals surface area (Å²) in [6.45, 7) is 3.77. The third kappa shape index (κ3) is 2.09. The Labute approximate surface area is 94.5 Å². The zero-order valence-corrected chi connectivity index (χ0v) is 9.64. The lowest BCUT2D eigenvalue weighted by Gasteiger charge is -2.36. The number of nitrogens with one attached hydrogen (secondary N) is 1. The zero-order valence-electron chi connectivity index (χ0n) is 9.64. The van der Waals surface area contributed by atoms with Gasteiger partial charge >= 0.3 is 0 Å². The molecule has 0 radical (unpaired) electrons. The number of rotatable bonds is 2. The summed E-state index contributed by atoms with van der Waals surface area (Å²) >= 11 is 0. The van der Waals surface area contributed by atoms with Gasteiger partial charge in [0.15, 0.2) is 5.82 Å². The van der Waals surface area contributed by atoms with Crippen LogP contribution in [0.4, 0.5) is 5.82 Å². The van der Waals surface area contributed by atoms with Gasteiger partial charge in [-0.3, -0.25) is 4.79 Å². The van der Waals surface area contributed by atoms with Gasteiger partial charge in [-0.2, -0.15) is 0 Å². The largest absolute Gasteiger partial charge is 0.379 e. The Kier molecular flexibility index (Phi) is 3.24. The number of hydrogen-bond acceptors (Lipinski definition) is 4. The van der Waals surface area contributed by atoms with E-state index in [4.69, 9.17) is 4.74 Å². The Morgan fingerprint density at radius 2 is 2.44 bits per heavy atom. The Bertz CT molecular complexity index is 404. The van der Waals surface area contributed by atoms with E-state index in [0.717, 1.165) is 19.5 Å². The molecule has 2 heterocycles. The van der Waals surface area contributed by atoms with Gasteiger partial charge in [0.1, 0.15) is 0 Å². The first-order chi connectivity index (χ1) is 7.72. The van der Waals surface area contributed by atoms with E-state index < -0.39 is 0 Å². The molecule has 2 rings (SSSR count). The van der Waals surface area contributed by atoms with E-state index in [0.29, 0.717) is 11.7 Å². The molecule has 0 aliphatic carbocycles. The van der Waals surface area contributed by atoms with Crippen molar-refractivity contribution in [3.63, 3.8) is 0 Å². The van der Waals surface area contributed by atoms with Crippen LogP contribution in [-0.2, 0) is 4.74 Å². The van der Waals surface area contributed by atoms with Crippen LogP contribution in [0.3, 0.4) is 0 Å². The molecule has 88 valence electrons. The molecule has 0 amide bonds. The van der Waals surface area contributed by atoms with Gasteiger partial charge in [-0.15, -0.1) is 0 Å². The van der Waals surface area contributed by atoms with Gasteiger partial charge in [-0.1, -0.05) is 6.92 Å². The summed E-state index contributed by atoms with van der Waals surface area (Å²) < 4.78 is 5.41. The number of methoxy groups -OCH3 is 1. The maximum Gasteiger partial charge on any atom is 0.290 e. The number of hydrogen-bond donors (Lipinski definition) is 1. The molecule has 1 aliphatic rings. The summed E-state index contributed by atoms with van der Waals surface area (Å²) in [4.78, 5) is 20.4. The third-order valence-corrected chi connectivity index (χ3v) is 3.18. The maximum absolute atomic E-state index is 11.6. The lowest BCUT2D eigenvalue weighted by molar-refractivity contribution is 0.0496. The molecule has 1 N–H and O–H groups in total. The molecular formula is C11H17N3O2. The van der Waals surface area contributed by atoms with E-state index in [1.807, 2.05) is 4.90 Å². The second-order valence-corrected chi connectivity index (χ2v) is 4.23. The fourth-order valence-corrected chi connectivity index (χ4v) is 2.10. The molecule has 1 aliphatic heterocycles. The molecule has 0 spiro atoms. The van der Waals surface area contributed by atoms with Gasteiger partial charge in [-0.05, 0) is 12.3 Å². The molecule has 1 aromatic heterocycles. The molecule has 1 aromatic rings. The minimum atomic E-state index is -0.132. The summed E-state index contributed by atoms with van der Waals surface area (Å²) in [5, 5.41) is 0. The second kappa shape index (κ2) is 4.65. The van der Waals surface area contributed by atoms with Crippen molar-refractivity contribution in [3.05, 3.63) is 22.7 Å². The first-order valence-electron chi connectivity index (χ1n) is 5.54. The number of anilines is 1. The minimum Gasteiger partial charge on any atom is -0.379 e. The molecule has 5 nitrogen and oxygen atoms in total. The van der Waals surface area contributed by atoms with Crippen LogP contribution < -0.4 is 10.5 Å². The second-order valence-electron chi connectivity index (χ2n) is 4.23. The molecule has 0 saturated carbocycles. The predicted molar refractivity (Wildman–Crippen MR) is 61.6 cm³/mol. The van der Waals surface area contributed by atoms with Crippen LogP contribution in [0.15, 0.2) is 17.2 Å². The normalized spacial score (nSPS) is 25.8. The number of aromatic nitrogens is 2. The van der Waals surface area contributed by atoms with Crippen LogP contribution in [0, 0.1) is 5.92 Å². The highest BCUT2D eigenvalue weighted by Gasteiger charge is 2.27. The van der Waals surface area contributed by atoms with E-state index in [2.05, 4.69) is 16.9 Å². The zero-order chi connectivity index (χ0) is 11.5. The topological polar surface area (TPSA) is 58.2 Å². The van der Waals surface area contributed by atoms with Crippen molar-refractivity contribution in [2.75, 3.05) is 25.1 Å². The highest BCUT2D eigenvalue weighted by Crippen LogP contribution is 2.21. The molecule has 2 unspecified atom stereocenters. The average Bonchev–Trinajstić information content (AvgIpc) is 2.31. The van der Waals surface area contributed by atoms with Gasteiger partial charge in [-0.25, -0.2) is 4.98 Å². The standard InChI is InChI=1S/C11H17N3O2/c1-8-3-6-14(7-9(8)16-2)10-11(15)13-5-4-12-10/h4-5,8-9H,3,6-7H2,1-2H3,(H,13,15). The van der Waals surface area contributed by atoms with Crippen LogP contribution in [-0.4, -0.2) is 36.3 Å². The predicted octanol–water partition coefficient (Wildman–Crippen LogP) is 0.631. The van der Waals surface area contributed by atoms with Crippen molar-refractivity contribution >= 4 is 5.82 Å². The first-order valence-corrected chi connectivity index (χ1v) is 5.54. The molecule has 2 atom stereocenters. The average molecular weight is 223 g/mol. The van der Waals surface area contributed by atoms with Crippen LogP contribution in [0.1, 0.15) is 13.3 Å². The van der Waals surface area contributed by atoms with E-state index in [1.54, 1.807) is 19.5 Å². The SMILES string of the molecule is COC1CN(c2ncc[nH]c2=O)CCC1C. The number of ether oxygens (including phenoxy) is 1. The molecule has 1 fully saturated rings. The Hall–Kier alpha value is -1.36. The monoisotopic (exact) mass is 223 g/mol. The fraction of sp³-hybridized carbons (Fsp3) is 0.636. The third-order valence-electron chi connectivity index (χ3n) is 3.18. The van der Waals surface area contributed by atoms with Crippen molar-refractivity contribution in [1.29, 1.82) is 0 Å². The summed E-state index contributed by atoms with van der Waals surface area (Å²) in [7, 11) is 1.72. The molecule has 0 aromatic carbocycles. The van der Waals surface area contributed by atoms with Crippen LogP contribution >= 0.6 is 0 Å². The lowest BCUT2D eigenvalue weighted by Crippen LogP contribution is -2.46. The molecular weight excluding hydrogens is 206 g/mol. The van der Waals surface area contributed by atoms with Gasteiger partial charge in [0.05, 0.1) is 6.10 Å². The fourth-order valence-electron chi connectivity index (χ4n) is 2.10. The number of H-pyrrole nitrogens is 1. The number of piperidine rings is 1. The first kappa shape index (κ1) is 11.1. The van der Waals surface area contributed by atoms with Gasteiger partial charge < -0.3 is 14.6 Å². The Morgan fingerprint density at radius 1 is 1.62 bits per heavy atom. The van der Waals surface area contributed by atoms with Crippen LogP contribution in [0.5, 0.6) is 0 Å². The smallest absolute Gasteiger partial charge is 0.290 e. The van der Waals surface area contributed by atoms with Gasteiger partial charge in [0, 0.05) is 32.6 Å². The van der Waals surface area contributed by atoms with Gasteiger partial charge in [0.25, 0.3) is 5.56 Å². The summed E-state index contributed by atoms with van der Waals surface area (Å²) in [6, 6.07) is 0. The molecule has 1 saturated heterocycles. The summed E-state index contributed by atoms with van der Waals surface area (Å²) in [5.41, 5.74) is -0.132. The van der Waals surface area contributed by atoms with Crippen molar-refractivity contribution in [2.24, 2.45) is 5.92 Å². The van der Waals surface area contributed by atoms with Crippen LogP contribution in [0.25, 0.3) is 0 Å². The van der Waals surface area contributed by atoms with Crippen molar-refractivity contribution in [1.82, 2.24) is 9.97 Å². The number of aromatic amines is 1. The quantitative estimate of drug-likeness (QED) is 0.799. The lowest BCUT2D eigenvalue weighted by atomic mass is 9.96. The molecule has 0 bridgehead atoms. The molecule has 5 heteroatoms. The van der Waals surface area contributed by atoms with E-state index >= 15 is 0 Å². The van der Waals surface area contributed by atoms with Crippen molar-refractivity contribution < 1.29 is 4.74 Å².